The van der Waals surface area contributed by atoms with Crippen LogP contribution >= 0.6 is 27.3 Å². The average molecular weight is 443 g/mol. The van der Waals surface area contributed by atoms with Gasteiger partial charge in [0, 0.05) is 29.7 Å². The van der Waals surface area contributed by atoms with Crippen LogP contribution in [0.1, 0.15) is 18.7 Å². The molecule has 1 N–H and O–H groups in total. The Labute approximate surface area is 160 Å². The molecule has 0 aliphatic heterocycles. The average Bonchev–Trinajstić information content (AvgIpc) is 2.98. The van der Waals surface area contributed by atoms with E-state index in [4.69, 9.17) is 0 Å². The van der Waals surface area contributed by atoms with Crippen molar-refractivity contribution in [2.45, 2.75) is 24.8 Å². The van der Waals surface area contributed by atoms with Crippen LogP contribution in [0.2, 0.25) is 0 Å². The first-order valence-corrected chi connectivity index (χ1v) is 10.6. The van der Waals surface area contributed by atoms with Crippen LogP contribution in [-0.2, 0) is 14.8 Å². The molecular formula is C17H19BrN2O3S2. The second kappa shape index (κ2) is 8.27. The van der Waals surface area contributed by atoms with Crippen LogP contribution in [0.15, 0.2) is 51.2 Å². The minimum atomic E-state index is -3.52. The summed E-state index contributed by atoms with van der Waals surface area (Å²) in [6.07, 6.45) is 3.16. The normalized spacial score (nSPS) is 12.2. The Morgan fingerprint density at radius 3 is 2.36 bits per heavy atom. The van der Waals surface area contributed by atoms with Gasteiger partial charge in [0.15, 0.2) is 0 Å². The molecule has 0 bridgehead atoms. The summed E-state index contributed by atoms with van der Waals surface area (Å²) in [6.45, 7) is 3.62. The summed E-state index contributed by atoms with van der Waals surface area (Å²) in [5.74, 6) is -0.278. The predicted octanol–water partition coefficient (Wildman–Crippen LogP) is 4.19. The standard InChI is InChI=1S/C17H19BrN2O3S2/c1-12(2)20(3)25(22,23)15-8-4-13(5-9-15)19-17(21)11-7-14-6-10-16(18)24-14/h4-12H,1-3H3,(H,19,21)/b11-7+. The van der Waals surface area contributed by atoms with Gasteiger partial charge in [-0.2, -0.15) is 4.31 Å². The largest absolute Gasteiger partial charge is 0.323 e. The fraction of sp³-hybridized carbons (Fsp3) is 0.235. The lowest BCUT2D eigenvalue weighted by atomic mass is 10.3. The van der Waals surface area contributed by atoms with Gasteiger partial charge in [-0.25, -0.2) is 8.42 Å². The minimum absolute atomic E-state index is 0.133. The van der Waals surface area contributed by atoms with E-state index in [1.165, 1.54) is 33.9 Å². The van der Waals surface area contributed by atoms with Crippen molar-refractivity contribution in [3.05, 3.63) is 51.1 Å². The molecule has 134 valence electrons. The third-order valence-corrected chi connectivity index (χ3v) is 7.16. The Morgan fingerprint density at radius 1 is 1.20 bits per heavy atom. The summed E-state index contributed by atoms with van der Waals surface area (Å²) in [5.41, 5.74) is 0.535. The van der Waals surface area contributed by atoms with Gasteiger partial charge >= 0.3 is 0 Å². The quantitative estimate of drug-likeness (QED) is 0.681. The van der Waals surface area contributed by atoms with Crippen molar-refractivity contribution >= 4 is 55.0 Å². The fourth-order valence-corrected chi connectivity index (χ4v) is 4.61. The Kier molecular flexibility index (Phi) is 6.56. The number of carbonyl (C=O) groups excluding carboxylic acids is 1. The van der Waals surface area contributed by atoms with Gasteiger partial charge in [-0.1, -0.05) is 0 Å². The van der Waals surface area contributed by atoms with E-state index in [9.17, 15) is 13.2 Å². The molecule has 2 aromatic rings. The molecule has 8 heteroatoms. The maximum absolute atomic E-state index is 12.4. The summed E-state index contributed by atoms with van der Waals surface area (Å²) in [4.78, 5) is 13.1. The summed E-state index contributed by atoms with van der Waals surface area (Å²) < 4.78 is 27.1. The van der Waals surface area contributed by atoms with Gasteiger partial charge in [0.05, 0.1) is 8.68 Å². The Hall–Kier alpha value is -1.48. The summed E-state index contributed by atoms with van der Waals surface area (Å²) >= 11 is 4.89. The number of halogens is 1. The molecule has 0 unspecified atom stereocenters. The lowest BCUT2D eigenvalue weighted by molar-refractivity contribution is -0.111. The number of rotatable bonds is 6. The Bertz CT molecular complexity index is 872. The van der Waals surface area contributed by atoms with Crippen LogP contribution < -0.4 is 5.32 Å². The molecule has 0 saturated heterocycles. The molecule has 0 atom stereocenters. The highest BCUT2D eigenvalue weighted by Gasteiger charge is 2.22. The number of thiophene rings is 1. The number of benzene rings is 1. The van der Waals surface area contributed by atoms with Crippen LogP contribution in [-0.4, -0.2) is 31.7 Å². The minimum Gasteiger partial charge on any atom is -0.323 e. The molecule has 0 aliphatic carbocycles. The maximum Gasteiger partial charge on any atom is 0.248 e. The van der Waals surface area contributed by atoms with Gasteiger partial charge in [0.1, 0.15) is 0 Å². The van der Waals surface area contributed by atoms with Crippen LogP contribution in [0.5, 0.6) is 0 Å². The smallest absolute Gasteiger partial charge is 0.248 e. The number of amides is 1. The second-order valence-corrected chi connectivity index (χ2v) is 10.1. The number of sulfonamides is 1. The van der Waals surface area contributed by atoms with Crippen molar-refractivity contribution in [1.29, 1.82) is 0 Å². The van der Waals surface area contributed by atoms with Crippen molar-refractivity contribution in [3.8, 4) is 0 Å². The third kappa shape index (κ3) is 5.24. The zero-order valence-corrected chi connectivity index (χ0v) is 17.3. The molecule has 0 saturated carbocycles. The number of nitrogens with zero attached hydrogens (tertiary/aromatic N) is 1. The zero-order chi connectivity index (χ0) is 18.6. The Morgan fingerprint density at radius 2 is 1.84 bits per heavy atom. The summed E-state index contributed by atoms with van der Waals surface area (Å²) in [7, 11) is -1.98. The third-order valence-electron chi connectivity index (χ3n) is 3.52. The molecule has 1 heterocycles. The molecule has 0 aliphatic rings. The van der Waals surface area contributed by atoms with E-state index in [1.54, 1.807) is 25.3 Å². The highest BCUT2D eigenvalue weighted by Crippen LogP contribution is 2.23. The molecule has 0 spiro atoms. The second-order valence-electron chi connectivity index (χ2n) is 5.60. The topological polar surface area (TPSA) is 66.5 Å². The van der Waals surface area contributed by atoms with Gasteiger partial charge in [-0.05, 0) is 72.3 Å². The van der Waals surface area contributed by atoms with E-state index >= 15 is 0 Å². The lowest BCUT2D eigenvalue weighted by Crippen LogP contribution is -2.33. The van der Waals surface area contributed by atoms with Crippen LogP contribution in [0, 0.1) is 0 Å². The summed E-state index contributed by atoms with van der Waals surface area (Å²) in [5, 5.41) is 2.71. The van der Waals surface area contributed by atoms with E-state index in [1.807, 2.05) is 26.0 Å². The van der Waals surface area contributed by atoms with Gasteiger partial charge in [-0.15, -0.1) is 11.3 Å². The van der Waals surface area contributed by atoms with E-state index < -0.39 is 10.0 Å². The number of nitrogens with one attached hydrogen (secondary N) is 1. The van der Waals surface area contributed by atoms with Gasteiger partial charge in [0.25, 0.3) is 0 Å². The Balaban J connectivity index is 2.05. The van der Waals surface area contributed by atoms with Crippen molar-refractivity contribution < 1.29 is 13.2 Å². The molecule has 1 aromatic heterocycles. The number of anilines is 1. The number of hydrogen-bond acceptors (Lipinski definition) is 4. The number of carbonyl (C=O) groups is 1. The highest BCUT2D eigenvalue weighted by molar-refractivity contribution is 9.11. The van der Waals surface area contributed by atoms with Gasteiger partial charge in [-0.3, -0.25) is 4.79 Å². The van der Waals surface area contributed by atoms with Crippen molar-refractivity contribution in [3.63, 3.8) is 0 Å². The molecule has 1 aromatic carbocycles. The lowest BCUT2D eigenvalue weighted by Gasteiger charge is -2.21. The monoisotopic (exact) mass is 442 g/mol. The highest BCUT2D eigenvalue weighted by atomic mass is 79.9. The van der Waals surface area contributed by atoms with E-state index in [2.05, 4.69) is 21.2 Å². The van der Waals surface area contributed by atoms with Gasteiger partial charge in [0.2, 0.25) is 15.9 Å². The van der Waals surface area contributed by atoms with Crippen LogP contribution in [0.25, 0.3) is 6.08 Å². The van der Waals surface area contributed by atoms with Crippen LogP contribution in [0.3, 0.4) is 0 Å². The van der Waals surface area contributed by atoms with Crippen molar-refractivity contribution in [2.24, 2.45) is 0 Å². The van der Waals surface area contributed by atoms with E-state index in [-0.39, 0.29) is 16.8 Å². The SMILES string of the molecule is CC(C)N(C)S(=O)(=O)c1ccc(NC(=O)/C=C/c2ccc(Br)s2)cc1. The molecule has 0 radical (unpaired) electrons. The molecular weight excluding hydrogens is 424 g/mol. The predicted molar refractivity (Wildman–Crippen MR) is 106 cm³/mol. The first kappa shape index (κ1) is 19.8. The molecule has 5 nitrogen and oxygen atoms in total. The molecule has 2 rings (SSSR count). The van der Waals surface area contributed by atoms with Gasteiger partial charge < -0.3 is 5.32 Å². The molecule has 0 fully saturated rings. The van der Waals surface area contributed by atoms with E-state index in [0.717, 1.165) is 8.66 Å². The van der Waals surface area contributed by atoms with Crippen molar-refractivity contribution in [2.75, 3.05) is 12.4 Å². The summed E-state index contributed by atoms with van der Waals surface area (Å²) in [6, 6.07) is 9.82. The zero-order valence-electron chi connectivity index (χ0n) is 14.1. The molecule has 25 heavy (non-hydrogen) atoms. The fourth-order valence-electron chi connectivity index (χ4n) is 1.91. The maximum atomic E-state index is 12.4. The number of hydrogen-bond donors (Lipinski definition) is 1. The first-order chi connectivity index (χ1) is 11.7. The van der Waals surface area contributed by atoms with Crippen LogP contribution in [0.4, 0.5) is 5.69 Å². The van der Waals surface area contributed by atoms with E-state index in [0.29, 0.717) is 5.69 Å². The van der Waals surface area contributed by atoms with Crippen molar-refractivity contribution in [1.82, 2.24) is 4.31 Å². The molecule has 1 amide bonds. The first-order valence-electron chi connectivity index (χ1n) is 7.52.